The maximum Gasteiger partial charge on any atom is 0.253 e. The van der Waals surface area contributed by atoms with Crippen LogP contribution in [0, 0.1) is 0 Å². The summed E-state index contributed by atoms with van der Waals surface area (Å²) in [6.45, 7) is 0.175. The minimum atomic E-state index is -0.242. The van der Waals surface area contributed by atoms with Gasteiger partial charge in [0.05, 0.1) is 6.54 Å². The molecule has 2 aromatic carbocycles. The fraction of sp³-hybridized carbons (Fsp3) is 0.0833. The normalized spacial score (nSPS) is 8.94. The number of hydrazine groups is 1. The third-order valence-corrected chi connectivity index (χ3v) is 2.36. The minimum Gasteiger partial charge on any atom is -0.376 e. The molecule has 0 aliphatic heterocycles. The highest BCUT2D eigenvalue weighted by Crippen LogP contribution is 2.18. The number of nitrogens with one attached hydrogen (secondary N) is 2. The van der Waals surface area contributed by atoms with Crippen molar-refractivity contribution in [2.24, 2.45) is 5.84 Å². The molecule has 0 unspecified atom stereocenters. The van der Waals surface area contributed by atoms with E-state index >= 15 is 0 Å². The number of nitrogens with two attached hydrogens (primary N) is 1. The van der Waals surface area contributed by atoms with Crippen molar-refractivity contribution in [3.8, 4) is 0 Å². The van der Waals surface area contributed by atoms with Gasteiger partial charge >= 0.3 is 0 Å². The first-order valence-electron chi connectivity index (χ1n) is 5.02. The molecule has 98 valence electrons. The van der Waals surface area contributed by atoms with Crippen molar-refractivity contribution in [1.82, 2.24) is 5.43 Å². The lowest BCUT2D eigenvalue weighted by atomic mass is 10.1. The summed E-state index contributed by atoms with van der Waals surface area (Å²) in [5, 5.41) is 5.31. The van der Waals surface area contributed by atoms with Crippen LogP contribution in [0.5, 0.6) is 0 Å². The lowest BCUT2D eigenvalue weighted by Gasteiger charge is -2.06. The quantitative estimate of drug-likeness (QED) is 0.460. The number of benzene rings is 2. The van der Waals surface area contributed by atoms with E-state index < -0.39 is 0 Å². The predicted molar refractivity (Wildman–Crippen MR) is 79.3 cm³/mol. The molecule has 0 saturated heterocycles. The van der Waals surface area contributed by atoms with Crippen molar-refractivity contribution in [3.63, 3.8) is 0 Å². The van der Waals surface area contributed by atoms with Gasteiger partial charge in [0.15, 0.2) is 0 Å². The van der Waals surface area contributed by atoms with Gasteiger partial charge in [-0.15, -0.1) is 24.8 Å². The second kappa shape index (κ2) is 7.76. The van der Waals surface area contributed by atoms with Crippen molar-refractivity contribution in [3.05, 3.63) is 42.5 Å². The SMILES string of the molecule is Cl.Cl.NNC(=O)CNc1ccc2ccccc2c1. The van der Waals surface area contributed by atoms with Crippen LogP contribution in [0.1, 0.15) is 0 Å². The first-order chi connectivity index (χ1) is 7.79. The van der Waals surface area contributed by atoms with E-state index in [-0.39, 0.29) is 37.3 Å². The first-order valence-corrected chi connectivity index (χ1v) is 5.02. The highest BCUT2D eigenvalue weighted by Gasteiger charge is 1.99. The molecule has 1 amide bonds. The van der Waals surface area contributed by atoms with Gasteiger partial charge < -0.3 is 5.32 Å². The Bertz CT molecular complexity index is 519. The summed E-state index contributed by atoms with van der Waals surface area (Å²) in [4.78, 5) is 11.0. The molecule has 6 heteroatoms. The Morgan fingerprint density at radius 3 is 2.39 bits per heavy atom. The molecule has 0 spiro atoms. The molecule has 2 aromatic rings. The summed E-state index contributed by atoms with van der Waals surface area (Å²) in [6.07, 6.45) is 0. The second-order valence-corrected chi connectivity index (χ2v) is 3.48. The Labute approximate surface area is 118 Å². The molecule has 0 heterocycles. The molecule has 0 aliphatic carbocycles. The van der Waals surface area contributed by atoms with E-state index in [2.05, 4.69) is 10.7 Å². The average Bonchev–Trinajstić information content (AvgIpc) is 2.35. The number of carbonyl (C=O) groups is 1. The Kier molecular flexibility index (Phi) is 7.12. The summed E-state index contributed by atoms with van der Waals surface area (Å²) in [5.41, 5.74) is 2.98. The molecule has 0 atom stereocenters. The smallest absolute Gasteiger partial charge is 0.253 e. The fourth-order valence-corrected chi connectivity index (χ4v) is 1.53. The zero-order valence-corrected chi connectivity index (χ0v) is 11.2. The minimum absolute atomic E-state index is 0. The average molecular weight is 288 g/mol. The summed E-state index contributed by atoms with van der Waals surface area (Å²) in [5.74, 6) is 4.74. The van der Waals surface area contributed by atoms with Gasteiger partial charge in [-0.25, -0.2) is 5.84 Å². The van der Waals surface area contributed by atoms with Crippen molar-refractivity contribution < 1.29 is 4.79 Å². The van der Waals surface area contributed by atoms with Gasteiger partial charge in [-0.2, -0.15) is 0 Å². The van der Waals surface area contributed by atoms with E-state index in [1.165, 1.54) is 5.39 Å². The van der Waals surface area contributed by atoms with Crippen LogP contribution >= 0.6 is 24.8 Å². The van der Waals surface area contributed by atoms with E-state index in [0.717, 1.165) is 11.1 Å². The first kappa shape index (κ1) is 16.5. The van der Waals surface area contributed by atoms with Crippen LogP contribution in [-0.4, -0.2) is 12.5 Å². The Hall–Kier alpha value is -1.49. The van der Waals surface area contributed by atoms with Gasteiger partial charge in [0.2, 0.25) is 0 Å². The number of fused-ring (bicyclic) bond motifs is 1. The van der Waals surface area contributed by atoms with Crippen LogP contribution in [0.25, 0.3) is 10.8 Å². The topological polar surface area (TPSA) is 67.1 Å². The lowest BCUT2D eigenvalue weighted by Crippen LogP contribution is -2.35. The summed E-state index contributed by atoms with van der Waals surface area (Å²) in [6, 6.07) is 14.0. The van der Waals surface area contributed by atoms with Crippen LogP contribution in [0.15, 0.2) is 42.5 Å². The fourth-order valence-electron chi connectivity index (χ4n) is 1.53. The maximum atomic E-state index is 11.0. The Balaban J connectivity index is 0.00000144. The van der Waals surface area contributed by atoms with Crippen molar-refractivity contribution >= 4 is 47.2 Å². The number of hydrogen-bond acceptors (Lipinski definition) is 3. The molecule has 18 heavy (non-hydrogen) atoms. The summed E-state index contributed by atoms with van der Waals surface area (Å²) in [7, 11) is 0. The molecule has 0 radical (unpaired) electrons. The van der Waals surface area contributed by atoms with Gasteiger partial charge in [0.1, 0.15) is 0 Å². The number of amides is 1. The molecule has 0 bridgehead atoms. The Morgan fingerprint density at radius 1 is 1.06 bits per heavy atom. The molecule has 0 fully saturated rings. The molecular formula is C12H15Cl2N3O. The molecule has 0 aromatic heterocycles. The van der Waals surface area contributed by atoms with E-state index in [1.807, 2.05) is 42.5 Å². The molecular weight excluding hydrogens is 273 g/mol. The zero-order chi connectivity index (χ0) is 11.4. The number of hydrogen-bond donors (Lipinski definition) is 3. The number of anilines is 1. The van der Waals surface area contributed by atoms with E-state index in [0.29, 0.717) is 0 Å². The lowest BCUT2D eigenvalue weighted by molar-refractivity contribution is -0.119. The highest BCUT2D eigenvalue weighted by atomic mass is 35.5. The number of halogens is 2. The van der Waals surface area contributed by atoms with Crippen molar-refractivity contribution in [1.29, 1.82) is 0 Å². The van der Waals surface area contributed by atoms with Crippen molar-refractivity contribution in [2.75, 3.05) is 11.9 Å². The number of rotatable bonds is 3. The van der Waals surface area contributed by atoms with Crippen LogP contribution in [0.4, 0.5) is 5.69 Å². The second-order valence-electron chi connectivity index (χ2n) is 3.48. The van der Waals surface area contributed by atoms with Crippen LogP contribution in [0.2, 0.25) is 0 Å². The standard InChI is InChI=1S/C12H13N3O.2ClH/c13-15-12(16)8-14-11-6-5-9-3-1-2-4-10(9)7-11;;/h1-7,14H,8,13H2,(H,15,16);2*1H. The Morgan fingerprint density at radius 2 is 1.72 bits per heavy atom. The summed E-state index contributed by atoms with van der Waals surface area (Å²) >= 11 is 0. The highest BCUT2D eigenvalue weighted by molar-refractivity contribution is 5.87. The van der Waals surface area contributed by atoms with E-state index in [4.69, 9.17) is 5.84 Å². The van der Waals surface area contributed by atoms with Gasteiger partial charge in [-0.1, -0.05) is 30.3 Å². The molecule has 0 saturated carbocycles. The largest absolute Gasteiger partial charge is 0.376 e. The van der Waals surface area contributed by atoms with Crippen LogP contribution in [0.3, 0.4) is 0 Å². The zero-order valence-electron chi connectivity index (χ0n) is 9.55. The molecule has 4 nitrogen and oxygen atoms in total. The molecule has 0 aliphatic rings. The number of carbonyl (C=O) groups excluding carboxylic acids is 1. The molecule has 4 N–H and O–H groups in total. The van der Waals surface area contributed by atoms with Gasteiger partial charge in [0, 0.05) is 5.69 Å². The van der Waals surface area contributed by atoms with E-state index in [9.17, 15) is 4.79 Å². The predicted octanol–water partition coefficient (Wildman–Crippen LogP) is 2.09. The van der Waals surface area contributed by atoms with Crippen molar-refractivity contribution in [2.45, 2.75) is 0 Å². The molecule has 2 rings (SSSR count). The van der Waals surface area contributed by atoms with Crippen LogP contribution in [-0.2, 0) is 4.79 Å². The summed E-state index contributed by atoms with van der Waals surface area (Å²) < 4.78 is 0. The van der Waals surface area contributed by atoms with Gasteiger partial charge in [0.25, 0.3) is 5.91 Å². The monoisotopic (exact) mass is 287 g/mol. The van der Waals surface area contributed by atoms with Crippen LogP contribution < -0.4 is 16.6 Å². The van der Waals surface area contributed by atoms with E-state index in [1.54, 1.807) is 0 Å². The third-order valence-electron chi connectivity index (χ3n) is 2.36. The third kappa shape index (κ3) is 4.07. The maximum absolute atomic E-state index is 11.0. The van der Waals surface area contributed by atoms with Gasteiger partial charge in [-0.3, -0.25) is 10.2 Å². The van der Waals surface area contributed by atoms with Gasteiger partial charge in [-0.05, 0) is 22.9 Å².